The zero-order chi connectivity index (χ0) is 15.1. The molecule has 0 spiro atoms. The highest BCUT2D eigenvalue weighted by Crippen LogP contribution is 2.26. The van der Waals surface area contributed by atoms with E-state index in [1.54, 1.807) is 0 Å². The highest BCUT2D eigenvalue weighted by molar-refractivity contribution is 5.80. The Labute approximate surface area is 119 Å². The van der Waals surface area contributed by atoms with E-state index in [9.17, 15) is 14.0 Å². The Bertz CT molecular complexity index is 409. The van der Waals surface area contributed by atoms with E-state index in [4.69, 9.17) is 0 Å². The van der Waals surface area contributed by atoms with Gasteiger partial charge in [-0.25, -0.2) is 9.18 Å². The van der Waals surface area contributed by atoms with Gasteiger partial charge in [-0.05, 0) is 27.7 Å². The molecule has 0 saturated carbocycles. The molecule has 114 valence electrons. The maximum Gasteiger partial charge on any atom is 0.317 e. The molecule has 2 heterocycles. The van der Waals surface area contributed by atoms with Gasteiger partial charge in [0.2, 0.25) is 5.91 Å². The van der Waals surface area contributed by atoms with E-state index >= 15 is 0 Å². The number of halogens is 1. The summed E-state index contributed by atoms with van der Waals surface area (Å²) in [5.41, 5.74) is -1.42. The summed E-state index contributed by atoms with van der Waals surface area (Å²) in [6.45, 7) is 8.96. The van der Waals surface area contributed by atoms with Gasteiger partial charge < -0.3 is 15.1 Å². The average molecular weight is 285 g/mol. The van der Waals surface area contributed by atoms with Gasteiger partial charge in [0.15, 0.2) is 0 Å². The lowest BCUT2D eigenvalue weighted by molar-refractivity contribution is -0.131. The van der Waals surface area contributed by atoms with Gasteiger partial charge in [-0.15, -0.1) is 0 Å². The minimum atomic E-state index is -1.25. The van der Waals surface area contributed by atoms with Gasteiger partial charge in [0.25, 0.3) is 0 Å². The van der Waals surface area contributed by atoms with Crippen molar-refractivity contribution >= 4 is 11.9 Å². The summed E-state index contributed by atoms with van der Waals surface area (Å²) in [7, 11) is 0. The number of hydrogen-bond donors (Lipinski definition) is 1. The molecule has 0 aromatic heterocycles. The average Bonchev–Trinajstić information content (AvgIpc) is 2.64. The Morgan fingerprint density at radius 1 is 1.45 bits per heavy atom. The molecule has 1 unspecified atom stereocenters. The number of carbonyl (C=O) groups is 2. The quantitative estimate of drug-likeness (QED) is 0.833. The number of likely N-dealkylation sites (tertiary alicyclic amines) is 2. The van der Waals surface area contributed by atoms with Crippen LogP contribution in [0.4, 0.5) is 9.18 Å². The van der Waals surface area contributed by atoms with Crippen molar-refractivity contribution in [3.63, 3.8) is 0 Å². The smallest absolute Gasteiger partial charge is 0.317 e. The molecule has 2 aliphatic heterocycles. The number of alkyl halides is 1. The SMILES string of the molecule is CC1(F)CN(C(=O)NCC2CC(=O)N(C(C)(C)C)C2)C1. The molecule has 5 nitrogen and oxygen atoms in total. The Kier molecular flexibility index (Phi) is 3.69. The molecule has 0 aliphatic carbocycles. The predicted molar refractivity (Wildman–Crippen MR) is 74.1 cm³/mol. The number of nitrogens with zero attached hydrogens (tertiary/aromatic N) is 2. The zero-order valence-corrected chi connectivity index (χ0v) is 12.7. The molecule has 2 fully saturated rings. The summed E-state index contributed by atoms with van der Waals surface area (Å²) in [5.74, 6) is 0.278. The number of urea groups is 1. The number of amides is 3. The van der Waals surface area contributed by atoms with Crippen LogP contribution in [0.25, 0.3) is 0 Å². The highest BCUT2D eigenvalue weighted by atomic mass is 19.1. The second-order valence-electron chi connectivity index (χ2n) is 7.20. The number of nitrogens with one attached hydrogen (secondary N) is 1. The van der Waals surface area contributed by atoms with Crippen molar-refractivity contribution in [3.05, 3.63) is 0 Å². The summed E-state index contributed by atoms with van der Waals surface area (Å²) in [5, 5.41) is 2.80. The molecule has 3 amide bonds. The van der Waals surface area contributed by atoms with Crippen LogP contribution < -0.4 is 5.32 Å². The van der Waals surface area contributed by atoms with Gasteiger partial charge in [-0.2, -0.15) is 0 Å². The third-order valence-corrected chi connectivity index (χ3v) is 3.89. The first-order valence-electron chi connectivity index (χ1n) is 7.11. The Balaban J connectivity index is 1.76. The minimum absolute atomic E-state index is 0.136. The van der Waals surface area contributed by atoms with E-state index in [2.05, 4.69) is 5.32 Å². The van der Waals surface area contributed by atoms with E-state index in [1.807, 2.05) is 25.7 Å². The van der Waals surface area contributed by atoms with Crippen LogP contribution in [0.2, 0.25) is 0 Å². The Hall–Kier alpha value is -1.33. The van der Waals surface area contributed by atoms with Crippen LogP contribution in [0.3, 0.4) is 0 Å². The summed E-state index contributed by atoms with van der Waals surface area (Å²) in [4.78, 5) is 27.0. The lowest BCUT2D eigenvalue weighted by atomic mass is 10.00. The summed E-state index contributed by atoms with van der Waals surface area (Å²) in [6, 6.07) is -0.234. The lowest BCUT2D eigenvalue weighted by Crippen LogP contribution is -2.61. The monoisotopic (exact) mass is 285 g/mol. The van der Waals surface area contributed by atoms with E-state index in [0.29, 0.717) is 19.5 Å². The molecule has 1 atom stereocenters. The van der Waals surface area contributed by atoms with Crippen LogP contribution in [0.15, 0.2) is 0 Å². The first-order valence-corrected chi connectivity index (χ1v) is 7.11. The fourth-order valence-electron chi connectivity index (χ4n) is 2.80. The highest BCUT2D eigenvalue weighted by Gasteiger charge is 2.42. The fraction of sp³-hybridized carbons (Fsp3) is 0.857. The lowest BCUT2D eigenvalue weighted by Gasteiger charge is -2.42. The van der Waals surface area contributed by atoms with E-state index in [-0.39, 0.29) is 36.5 Å². The van der Waals surface area contributed by atoms with Gasteiger partial charge >= 0.3 is 6.03 Å². The van der Waals surface area contributed by atoms with Crippen molar-refractivity contribution in [2.24, 2.45) is 5.92 Å². The molecule has 0 aromatic rings. The third-order valence-electron chi connectivity index (χ3n) is 3.89. The molecule has 2 aliphatic rings. The van der Waals surface area contributed by atoms with Crippen LogP contribution >= 0.6 is 0 Å². The van der Waals surface area contributed by atoms with E-state index in [1.165, 1.54) is 11.8 Å². The van der Waals surface area contributed by atoms with E-state index < -0.39 is 5.67 Å². The molecule has 0 bridgehead atoms. The summed E-state index contributed by atoms with van der Waals surface area (Å²) in [6.07, 6.45) is 0.471. The van der Waals surface area contributed by atoms with Gasteiger partial charge in [0.05, 0.1) is 13.1 Å². The standard InChI is InChI=1S/C14H24FN3O2/c1-13(2,3)18-7-10(5-11(18)19)6-16-12(20)17-8-14(4,15)9-17/h10H,5-9H2,1-4H3,(H,16,20). The topological polar surface area (TPSA) is 52.7 Å². The molecular weight excluding hydrogens is 261 g/mol. The fourth-order valence-corrected chi connectivity index (χ4v) is 2.80. The van der Waals surface area contributed by atoms with Gasteiger partial charge in [-0.1, -0.05) is 0 Å². The molecule has 0 radical (unpaired) electrons. The molecule has 20 heavy (non-hydrogen) atoms. The van der Waals surface area contributed by atoms with Crippen molar-refractivity contribution in [2.45, 2.75) is 45.3 Å². The largest absolute Gasteiger partial charge is 0.338 e. The van der Waals surface area contributed by atoms with Crippen molar-refractivity contribution in [3.8, 4) is 0 Å². The Morgan fingerprint density at radius 3 is 2.50 bits per heavy atom. The summed E-state index contributed by atoms with van der Waals surface area (Å²) >= 11 is 0. The number of rotatable bonds is 2. The van der Waals surface area contributed by atoms with Crippen LogP contribution in [0.1, 0.15) is 34.1 Å². The van der Waals surface area contributed by atoms with Gasteiger partial charge in [0, 0.05) is 31.0 Å². The number of carbonyl (C=O) groups excluding carboxylic acids is 2. The minimum Gasteiger partial charge on any atom is -0.338 e. The van der Waals surface area contributed by atoms with Gasteiger partial charge in [-0.3, -0.25) is 4.79 Å². The predicted octanol–water partition coefficient (Wildman–Crippen LogP) is 1.39. The molecular formula is C14H24FN3O2. The Morgan fingerprint density at radius 2 is 2.05 bits per heavy atom. The molecule has 2 rings (SSSR count). The van der Waals surface area contributed by atoms with Crippen LogP contribution in [-0.2, 0) is 4.79 Å². The van der Waals surface area contributed by atoms with Crippen molar-refractivity contribution < 1.29 is 14.0 Å². The third kappa shape index (κ3) is 3.22. The second kappa shape index (κ2) is 4.90. The maximum absolute atomic E-state index is 13.3. The van der Waals surface area contributed by atoms with Crippen LogP contribution in [0, 0.1) is 5.92 Å². The van der Waals surface area contributed by atoms with Crippen LogP contribution in [-0.4, -0.2) is 59.1 Å². The summed E-state index contributed by atoms with van der Waals surface area (Å²) < 4.78 is 13.3. The zero-order valence-electron chi connectivity index (χ0n) is 12.7. The van der Waals surface area contributed by atoms with E-state index in [0.717, 1.165) is 0 Å². The van der Waals surface area contributed by atoms with Crippen molar-refractivity contribution in [1.29, 1.82) is 0 Å². The molecule has 6 heteroatoms. The van der Waals surface area contributed by atoms with Gasteiger partial charge in [0.1, 0.15) is 5.67 Å². The second-order valence-corrected chi connectivity index (χ2v) is 7.20. The molecule has 0 aromatic carbocycles. The molecule has 1 N–H and O–H groups in total. The number of hydrogen-bond acceptors (Lipinski definition) is 2. The maximum atomic E-state index is 13.3. The molecule has 2 saturated heterocycles. The van der Waals surface area contributed by atoms with Crippen molar-refractivity contribution in [2.75, 3.05) is 26.2 Å². The normalized spacial score (nSPS) is 25.6. The first-order chi connectivity index (χ1) is 9.08. The van der Waals surface area contributed by atoms with Crippen LogP contribution in [0.5, 0.6) is 0 Å². The van der Waals surface area contributed by atoms with Crippen molar-refractivity contribution in [1.82, 2.24) is 15.1 Å². The first kappa shape index (κ1) is 15.1.